The molecule has 2 N–H and O–H groups in total. The van der Waals surface area contributed by atoms with Crippen LogP contribution in [0.4, 0.5) is 11.4 Å². The van der Waals surface area contributed by atoms with E-state index in [4.69, 9.17) is 9.47 Å². The van der Waals surface area contributed by atoms with Crippen LogP contribution in [0.5, 0.6) is 0 Å². The quantitative estimate of drug-likeness (QED) is 0.313. The molecule has 1 saturated heterocycles. The molecule has 0 saturated carbocycles. The molecule has 0 radical (unpaired) electrons. The van der Waals surface area contributed by atoms with Crippen molar-refractivity contribution < 1.29 is 19.1 Å². The van der Waals surface area contributed by atoms with E-state index in [0.717, 1.165) is 72.3 Å². The molecule has 0 aromatic heterocycles. The molecule has 204 valence electrons. The van der Waals surface area contributed by atoms with Crippen LogP contribution in [0.1, 0.15) is 57.3 Å². The lowest BCUT2D eigenvalue weighted by Crippen LogP contribution is -2.43. The van der Waals surface area contributed by atoms with Crippen molar-refractivity contribution >= 4 is 45.8 Å². The van der Waals surface area contributed by atoms with Gasteiger partial charge in [0.2, 0.25) is 0 Å². The van der Waals surface area contributed by atoms with Gasteiger partial charge in [0.15, 0.2) is 18.0 Å². The minimum atomic E-state index is -1.16. The zero-order valence-corrected chi connectivity index (χ0v) is 25.5. The molecule has 3 aromatic carbocycles. The summed E-state index contributed by atoms with van der Waals surface area (Å²) in [5, 5.41) is 6.12. The van der Waals surface area contributed by atoms with E-state index in [1.54, 1.807) is 0 Å². The van der Waals surface area contributed by atoms with Crippen LogP contribution in [-0.2, 0) is 31.3 Å². The van der Waals surface area contributed by atoms with Crippen molar-refractivity contribution in [1.29, 1.82) is 0 Å². The van der Waals surface area contributed by atoms with Gasteiger partial charge in [0.1, 0.15) is 0 Å². The molecular weight excluding hydrogens is 603 g/mol. The summed E-state index contributed by atoms with van der Waals surface area (Å²) in [5.41, 5.74) is 9.60. The number of nitrogens with one attached hydrogen (secondary N) is 2. The minimum Gasteiger partial charge on any atom is -0.329 e. The van der Waals surface area contributed by atoms with Gasteiger partial charge in [-0.2, -0.15) is 0 Å². The SMILES string of the molecule is Cc1cc(C)c(NC(=O)[C@@H]2OC3(CCCc4cccc(I)c43)O[C@H]2C(=O)Nc2c(C)cc(C)cc2C)c(C)c1. The molecule has 2 atom stereocenters. The third-order valence-corrected chi connectivity index (χ3v) is 8.61. The van der Waals surface area contributed by atoms with Crippen molar-refractivity contribution in [2.24, 2.45) is 0 Å². The van der Waals surface area contributed by atoms with Crippen LogP contribution >= 0.6 is 22.6 Å². The van der Waals surface area contributed by atoms with E-state index in [0.29, 0.717) is 6.42 Å². The van der Waals surface area contributed by atoms with Crippen molar-refractivity contribution in [3.05, 3.63) is 90.5 Å². The van der Waals surface area contributed by atoms with Gasteiger partial charge in [0.25, 0.3) is 11.8 Å². The first-order valence-corrected chi connectivity index (χ1v) is 14.5. The number of amides is 2. The highest BCUT2D eigenvalue weighted by Crippen LogP contribution is 2.48. The van der Waals surface area contributed by atoms with Gasteiger partial charge in [-0.1, -0.05) is 47.5 Å². The highest BCUT2D eigenvalue weighted by molar-refractivity contribution is 14.1. The Morgan fingerprint density at radius 2 is 1.26 bits per heavy atom. The highest BCUT2D eigenvalue weighted by Gasteiger charge is 2.56. The summed E-state index contributed by atoms with van der Waals surface area (Å²) in [6.45, 7) is 11.9. The van der Waals surface area contributed by atoms with Gasteiger partial charge in [-0.25, -0.2) is 0 Å². The average molecular weight is 639 g/mol. The Hall–Kier alpha value is -2.75. The number of fused-ring (bicyclic) bond motifs is 2. The number of anilines is 2. The number of rotatable bonds is 4. The Morgan fingerprint density at radius 3 is 1.72 bits per heavy atom. The molecule has 2 aliphatic rings. The zero-order valence-electron chi connectivity index (χ0n) is 23.3. The summed E-state index contributed by atoms with van der Waals surface area (Å²) in [6, 6.07) is 14.2. The van der Waals surface area contributed by atoms with Gasteiger partial charge in [0.05, 0.1) is 0 Å². The number of ether oxygens (including phenoxy) is 2. The summed E-state index contributed by atoms with van der Waals surface area (Å²) in [4.78, 5) is 27.7. The van der Waals surface area contributed by atoms with E-state index in [9.17, 15) is 9.59 Å². The van der Waals surface area contributed by atoms with Gasteiger partial charge < -0.3 is 20.1 Å². The third-order valence-electron chi connectivity index (χ3n) is 7.71. The predicted molar refractivity (Wildman–Crippen MR) is 162 cm³/mol. The van der Waals surface area contributed by atoms with Crippen LogP contribution in [0.2, 0.25) is 0 Å². The maximum atomic E-state index is 13.9. The number of aryl methyl sites for hydroxylation is 7. The lowest BCUT2D eigenvalue weighted by atomic mass is 9.86. The second-order valence-electron chi connectivity index (χ2n) is 11.0. The fourth-order valence-electron chi connectivity index (χ4n) is 6.16. The molecule has 0 unspecified atom stereocenters. The first-order valence-electron chi connectivity index (χ1n) is 13.4. The molecule has 39 heavy (non-hydrogen) atoms. The van der Waals surface area contributed by atoms with E-state index in [2.05, 4.69) is 39.3 Å². The van der Waals surface area contributed by atoms with E-state index in [1.165, 1.54) is 0 Å². The van der Waals surface area contributed by atoms with Crippen molar-refractivity contribution in [2.75, 3.05) is 10.6 Å². The Morgan fingerprint density at radius 1 is 0.795 bits per heavy atom. The normalized spacial score (nSPS) is 19.6. The van der Waals surface area contributed by atoms with E-state index in [-0.39, 0.29) is 0 Å². The molecule has 3 aromatic rings. The Labute approximate surface area is 244 Å². The zero-order chi connectivity index (χ0) is 28.1. The van der Waals surface area contributed by atoms with Gasteiger partial charge in [0, 0.05) is 26.9 Å². The summed E-state index contributed by atoms with van der Waals surface area (Å²) >= 11 is 2.29. The smallest absolute Gasteiger partial charge is 0.256 e. The number of benzene rings is 3. The van der Waals surface area contributed by atoms with Gasteiger partial charge in [-0.15, -0.1) is 0 Å². The monoisotopic (exact) mass is 638 g/mol. The number of hydrogen-bond donors (Lipinski definition) is 2. The van der Waals surface area contributed by atoms with E-state index < -0.39 is 29.8 Å². The van der Waals surface area contributed by atoms with Crippen molar-refractivity contribution in [2.45, 2.75) is 78.8 Å². The predicted octanol–water partition coefficient (Wildman–Crippen LogP) is 6.69. The summed E-state index contributed by atoms with van der Waals surface area (Å²) < 4.78 is 14.2. The van der Waals surface area contributed by atoms with Crippen molar-refractivity contribution in [3.63, 3.8) is 0 Å². The lowest BCUT2D eigenvalue weighted by molar-refractivity contribution is -0.195. The van der Waals surface area contributed by atoms with Gasteiger partial charge >= 0.3 is 0 Å². The highest BCUT2D eigenvalue weighted by atomic mass is 127. The Kier molecular flexibility index (Phi) is 7.61. The molecule has 2 amide bonds. The summed E-state index contributed by atoms with van der Waals surface area (Å²) in [6.07, 6.45) is 0.0508. The molecule has 1 aliphatic carbocycles. The first kappa shape index (κ1) is 27.8. The molecule has 1 heterocycles. The largest absolute Gasteiger partial charge is 0.329 e. The van der Waals surface area contributed by atoms with Gasteiger partial charge in [-0.05, 0) is 111 Å². The van der Waals surface area contributed by atoms with Crippen LogP contribution in [0.3, 0.4) is 0 Å². The molecule has 7 heteroatoms. The third kappa shape index (κ3) is 5.24. The average Bonchev–Trinajstić information content (AvgIpc) is 3.23. The lowest BCUT2D eigenvalue weighted by Gasteiger charge is -2.35. The fourth-order valence-corrected chi connectivity index (χ4v) is 7.13. The van der Waals surface area contributed by atoms with E-state index >= 15 is 0 Å². The molecule has 1 aliphatic heterocycles. The fraction of sp³-hybridized carbons (Fsp3) is 0.375. The summed E-state index contributed by atoms with van der Waals surface area (Å²) in [7, 11) is 0. The van der Waals surface area contributed by atoms with Crippen LogP contribution in [0.15, 0.2) is 42.5 Å². The molecule has 5 rings (SSSR count). The van der Waals surface area contributed by atoms with Crippen LogP contribution < -0.4 is 10.6 Å². The molecular formula is C32H35IN2O4. The molecule has 0 bridgehead atoms. The first-order chi connectivity index (χ1) is 18.5. The number of halogens is 1. The van der Waals surface area contributed by atoms with Crippen LogP contribution in [-0.4, -0.2) is 24.0 Å². The molecule has 1 spiro atoms. The Bertz CT molecular complexity index is 1360. The number of hydrogen-bond acceptors (Lipinski definition) is 4. The van der Waals surface area contributed by atoms with E-state index in [1.807, 2.05) is 77.9 Å². The van der Waals surface area contributed by atoms with Crippen LogP contribution in [0, 0.1) is 45.1 Å². The van der Waals surface area contributed by atoms with Gasteiger partial charge in [-0.3, -0.25) is 9.59 Å². The second-order valence-corrected chi connectivity index (χ2v) is 12.1. The molecule has 6 nitrogen and oxygen atoms in total. The minimum absolute atomic E-state index is 0.391. The number of carbonyl (C=O) groups is 2. The summed E-state index contributed by atoms with van der Waals surface area (Å²) in [5.74, 6) is -1.95. The number of carbonyl (C=O) groups excluding carboxylic acids is 2. The molecule has 1 fully saturated rings. The maximum Gasteiger partial charge on any atom is 0.256 e. The standard InChI is InChI=1S/C32H35IN2O4/c1-17-13-19(3)26(20(4)14-17)34-30(36)28-29(31(37)35-27-21(5)15-18(2)16-22(27)6)39-32(38-28)12-8-10-23-9-7-11-24(33)25(23)32/h7,9,11,13-16,28-29H,8,10,12H2,1-6H3,(H,34,36)(H,35,37)/t28-,29-/m1/s1. The van der Waals surface area contributed by atoms with Crippen molar-refractivity contribution in [3.8, 4) is 0 Å². The Balaban J connectivity index is 1.53. The van der Waals surface area contributed by atoms with Crippen LogP contribution in [0.25, 0.3) is 0 Å². The second kappa shape index (κ2) is 10.7. The van der Waals surface area contributed by atoms with Crippen molar-refractivity contribution in [1.82, 2.24) is 0 Å². The topological polar surface area (TPSA) is 76.7 Å². The maximum absolute atomic E-state index is 13.9.